The SMILES string of the molecule is CCc1ccsc1C(=O)N[C@@H]1CCO[C@H](c2cncn2C)C1. The van der Waals surface area contributed by atoms with Crippen LogP contribution in [-0.4, -0.2) is 28.1 Å². The predicted molar refractivity (Wildman–Crippen MR) is 86.1 cm³/mol. The first-order valence-corrected chi connectivity index (χ1v) is 8.52. The summed E-state index contributed by atoms with van der Waals surface area (Å²) in [5.41, 5.74) is 2.18. The Morgan fingerprint density at radius 1 is 1.59 bits per heavy atom. The van der Waals surface area contributed by atoms with Crippen molar-refractivity contribution in [3.63, 3.8) is 0 Å². The predicted octanol–water partition coefficient (Wildman–Crippen LogP) is 2.69. The quantitative estimate of drug-likeness (QED) is 0.942. The van der Waals surface area contributed by atoms with Crippen molar-refractivity contribution in [1.29, 1.82) is 0 Å². The number of hydrogen-bond acceptors (Lipinski definition) is 4. The van der Waals surface area contributed by atoms with Crippen LogP contribution in [0.5, 0.6) is 0 Å². The van der Waals surface area contributed by atoms with Gasteiger partial charge in [0.25, 0.3) is 5.91 Å². The number of imidazole rings is 1. The van der Waals surface area contributed by atoms with E-state index in [9.17, 15) is 4.79 Å². The smallest absolute Gasteiger partial charge is 0.261 e. The molecule has 22 heavy (non-hydrogen) atoms. The van der Waals surface area contributed by atoms with Gasteiger partial charge in [0.15, 0.2) is 0 Å². The van der Waals surface area contributed by atoms with Crippen molar-refractivity contribution in [3.05, 3.63) is 40.1 Å². The number of ether oxygens (including phenoxy) is 1. The van der Waals surface area contributed by atoms with E-state index >= 15 is 0 Å². The van der Waals surface area contributed by atoms with Gasteiger partial charge in [-0.3, -0.25) is 4.79 Å². The molecular formula is C16H21N3O2S. The van der Waals surface area contributed by atoms with E-state index in [-0.39, 0.29) is 18.1 Å². The van der Waals surface area contributed by atoms with Crippen LogP contribution in [-0.2, 0) is 18.2 Å². The van der Waals surface area contributed by atoms with E-state index in [4.69, 9.17) is 4.74 Å². The Hall–Kier alpha value is -1.66. The Morgan fingerprint density at radius 3 is 3.18 bits per heavy atom. The van der Waals surface area contributed by atoms with Gasteiger partial charge in [-0.1, -0.05) is 6.92 Å². The van der Waals surface area contributed by atoms with Gasteiger partial charge in [0.2, 0.25) is 0 Å². The summed E-state index contributed by atoms with van der Waals surface area (Å²) in [5, 5.41) is 5.15. The molecule has 0 aromatic carbocycles. The van der Waals surface area contributed by atoms with Gasteiger partial charge in [0.1, 0.15) is 6.10 Å². The van der Waals surface area contributed by atoms with Crippen LogP contribution in [0.3, 0.4) is 0 Å². The number of nitrogens with zero attached hydrogens (tertiary/aromatic N) is 2. The molecule has 0 radical (unpaired) electrons. The van der Waals surface area contributed by atoms with Gasteiger partial charge in [-0.05, 0) is 36.3 Å². The number of aryl methyl sites for hydroxylation is 2. The van der Waals surface area contributed by atoms with Gasteiger partial charge in [0, 0.05) is 19.7 Å². The Balaban J connectivity index is 1.65. The fourth-order valence-electron chi connectivity index (χ4n) is 2.88. The highest BCUT2D eigenvalue weighted by atomic mass is 32.1. The van der Waals surface area contributed by atoms with E-state index in [2.05, 4.69) is 17.2 Å². The first-order chi connectivity index (χ1) is 10.7. The summed E-state index contributed by atoms with van der Waals surface area (Å²) < 4.78 is 7.82. The van der Waals surface area contributed by atoms with Gasteiger partial charge in [-0.25, -0.2) is 4.98 Å². The number of aromatic nitrogens is 2. The molecule has 2 aromatic heterocycles. The molecule has 2 atom stereocenters. The summed E-state index contributed by atoms with van der Waals surface area (Å²) in [4.78, 5) is 17.4. The van der Waals surface area contributed by atoms with Crippen LogP contribution < -0.4 is 5.32 Å². The molecule has 1 saturated heterocycles. The van der Waals surface area contributed by atoms with E-state index < -0.39 is 0 Å². The molecule has 118 valence electrons. The van der Waals surface area contributed by atoms with E-state index in [1.165, 1.54) is 11.3 Å². The maximum Gasteiger partial charge on any atom is 0.261 e. The summed E-state index contributed by atoms with van der Waals surface area (Å²) in [7, 11) is 1.97. The monoisotopic (exact) mass is 319 g/mol. The zero-order valence-corrected chi connectivity index (χ0v) is 13.7. The van der Waals surface area contributed by atoms with Crippen LogP contribution >= 0.6 is 11.3 Å². The summed E-state index contributed by atoms with van der Waals surface area (Å²) in [5.74, 6) is 0.0440. The molecule has 1 amide bonds. The standard InChI is InChI=1S/C16H21N3O2S/c1-3-11-5-7-22-15(11)16(20)18-12-4-6-21-14(8-12)13-9-17-10-19(13)2/h5,7,9-10,12,14H,3-4,6,8H2,1-2H3,(H,18,20)/t12-,14+/m1/s1. The van der Waals surface area contributed by atoms with Crippen molar-refractivity contribution < 1.29 is 9.53 Å². The molecule has 5 nitrogen and oxygen atoms in total. The average Bonchev–Trinajstić information content (AvgIpc) is 3.15. The molecular weight excluding hydrogens is 298 g/mol. The van der Waals surface area contributed by atoms with Crippen LogP contribution in [0.4, 0.5) is 0 Å². The van der Waals surface area contributed by atoms with Crippen LogP contribution in [0, 0.1) is 0 Å². The highest BCUT2D eigenvalue weighted by Crippen LogP contribution is 2.28. The third kappa shape index (κ3) is 3.08. The van der Waals surface area contributed by atoms with Crippen molar-refractivity contribution in [2.75, 3.05) is 6.61 Å². The van der Waals surface area contributed by atoms with Crippen molar-refractivity contribution in [3.8, 4) is 0 Å². The lowest BCUT2D eigenvalue weighted by molar-refractivity contribution is -0.00299. The van der Waals surface area contributed by atoms with Crippen molar-refractivity contribution in [2.45, 2.75) is 38.3 Å². The second-order valence-corrected chi connectivity index (χ2v) is 6.53. The molecule has 0 spiro atoms. The maximum absolute atomic E-state index is 12.5. The van der Waals surface area contributed by atoms with Gasteiger partial charge >= 0.3 is 0 Å². The maximum atomic E-state index is 12.5. The van der Waals surface area contributed by atoms with E-state index in [0.29, 0.717) is 6.61 Å². The van der Waals surface area contributed by atoms with E-state index in [1.807, 2.05) is 29.3 Å². The molecule has 2 aromatic rings. The van der Waals surface area contributed by atoms with Gasteiger partial charge in [0.05, 0.1) is 23.1 Å². The zero-order chi connectivity index (χ0) is 15.5. The topological polar surface area (TPSA) is 56.1 Å². The van der Waals surface area contributed by atoms with Crippen molar-refractivity contribution in [1.82, 2.24) is 14.9 Å². The highest BCUT2D eigenvalue weighted by Gasteiger charge is 2.27. The zero-order valence-electron chi connectivity index (χ0n) is 12.9. The van der Waals surface area contributed by atoms with E-state index in [0.717, 1.165) is 35.4 Å². The molecule has 0 unspecified atom stereocenters. The lowest BCUT2D eigenvalue weighted by Crippen LogP contribution is -2.40. The lowest BCUT2D eigenvalue weighted by Gasteiger charge is -2.30. The average molecular weight is 319 g/mol. The molecule has 0 bridgehead atoms. The second-order valence-electron chi connectivity index (χ2n) is 5.61. The first kappa shape index (κ1) is 15.2. The van der Waals surface area contributed by atoms with Gasteiger partial charge in [-0.15, -0.1) is 11.3 Å². The third-order valence-electron chi connectivity index (χ3n) is 4.14. The number of nitrogens with one attached hydrogen (secondary N) is 1. The first-order valence-electron chi connectivity index (χ1n) is 7.64. The summed E-state index contributed by atoms with van der Waals surface area (Å²) >= 11 is 1.51. The van der Waals surface area contributed by atoms with Crippen LogP contribution in [0.1, 0.15) is 46.8 Å². The Morgan fingerprint density at radius 2 is 2.45 bits per heavy atom. The van der Waals surface area contributed by atoms with Gasteiger partial charge < -0.3 is 14.6 Å². The Kier molecular flexibility index (Phi) is 4.59. The minimum atomic E-state index is 0.000492. The van der Waals surface area contributed by atoms with Crippen LogP contribution in [0.15, 0.2) is 24.0 Å². The minimum absolute atomic E-state index is 0.000492. The van der Waals surface area contributed by atoms with Gasteiger partial charge in [-0.2, -0.15) is 0 Å². The normalized spacial score (nSPS) is 21.7. The fourth-order valence-corrected chi connectivity index (χ4v) is 3.77. The van der Waals surface area contributed by atoms with Crippen LogP contribution in [0.2, 0.25) is 0 Å². The number of carbonyl (C=O) groups is 1. The summed E-state index contributed by atoms with van der Waals surface area (Å²) in [6.45, 7) is 2.73. The lowest BCUT2D eigenvalue weighted by atomic mass is 10.0. The number of carbonyl (C=O) groups excluding carboxylic acids is 1. The number of thiophene rings is 1. The largest absolute Gasteiger partial charge is 0.372 e. The highest BCUT2D eigenvalue weighted by molar-refractivity contribution is 7.12. The fraction of sp³-hybridized carbons (Fsp3) is 0.500. The molecule has 1 aliphatic rings. The molecule has 1 fully saturated rings. The number of amides is 1. The minimum Gasteiger partial charge on any atom is -0.372 e. The number of rotatable bonds is 4. The molecule has 6 heteroatoms. The summed E-state index contributed by atoms with van der Waals surface area (Å²) in [6, 6.07) is 2.18. The molecule has 1 N–H and O–H groups in total. The molecule has 3 heterocycles. The second kappa shape index (κ2) is 6.62. The molecule has 1 aliphatic heterocycles. The molecule has 3 rings (SSSR count). The summed E-state index contributed by atoms with van der Waals surface area (Å²) in [6.07, 6.45) is 6.15. The molecule has 0 saturated carbocycles. The third-order valence-corrected chi connectivity index (χ3v) is 5.09. The van der Waals surface area contributed by atoms with Crippen molar-refractivity contribution in [2.24, 2.45) is 7.05 Å². The van der Waals surface area contributed by atoms with E-state index in [1.54, 1.807) is 6.33 Å². The van der Waals surface area contributed by atoms with Crippen LogP contribution in [0.25, 0.3) is 0 Å². The van der Waals surface area contributed by atoms with Crippen molar-refractivity contribution >= 4 is 17.2 Å². The number of hydrogen-bond donors (Lipinski definition) is 1. The Bertz CT molecular complexity index is 649. The molecule has 0 aliphatic carbocycles. The Labute approximate surface area is 134 Å².